The lowest BCUT2D eigenvalue weighted by molar-refractivity contribution is -0.0407. The lowest BCUT2D eigenvalue weighted by Crippen LogP contribution is -2.14. The molecule has 1 aliphatic heterocycles. The van der Waals surface area contributed by atoms with Crippen LogP contribution in [0.2, 0.25) is 0 Å². The van der Waals surface area contributed by atoms with Crippen LogP contribution in [-0.2, 0) is 9.47 Å². The molecule has 0 aliphatic carbocycles. The Balaban J connectivity index is 1.99. The van der Waals surface area contributed by atoms with Gasteiger partial charge in [-0.3, -0.25) is 4.79 Å². The first-order chi connectivity index (χ1) is 8.29. The first kappa shape index (κ1) is 12.1. The van der Waals surface area contributed by atoms with Gasteiger partial charge in [0.05, 0.1) is 26.2 Å². The van der Waals surface area contributed by atoms with Crippen LogP contribution in [0.5, 0.6) is 5.75 Å². The molecule has 0 spiro atoms. The molecule has 1 heterocycles. The van der Waals surface area contributed by atoms with Gasteiger partial charge in [-0.15, -0.1) is 0 Å². The zero-order valence-electron chi connectivity index (χ0n) is 9.85. The number of rotatable bonds is 5. The van der Waals surface area contributed by atoms with E-state index in [1.807, 2.05) is 19.1 Å². The predicted octanol–water partition coefficient (Wildman–Crippen LogP) is 2.03. The highest BCUT2D eigenvalue weighted by Gasteiger charge is 2.20. The molecule has 1 aromatic carbocycles. The minimum Gasteiger partial charge on any atom is -0.494 e. The largest absolute Gasteiger partial charge is 0.494 e. The summed E-state index contributed by atoms with van der Waals surface area (Å²) in [5, 5.41) is 0. The summed E-state index contributed by atoms with van der Waals surface area (Å²) in [6.45, 7) is 3.63. The molecule has 1 saturated heterocycles. The van der Waals surface area contributed by atoms with Gasteiger partial charge in [-0.1, -0.05) is 12.1 Å². The van der Waals surface area contributed by atoms with Gasteiger partial charge in [-0.25, -0.2) is 0 Å². The third-order valence-corrected chi connectivity index (χ3v) is 2.51. The number of Topliss-reactive ketones (excluding diaryl/α,β-unsaturated/α-hetero) is 1. The zero-order chi connectivity index (χ0) is 12.1. The predicted molar refractivity (Wildman–Crippen MR) is 62.3 cm³/mol. The maximum Gasteiger partial charge on any atom is 0.168 e. The second-order valence-corrected chi connectivity index (χ2v) is 3.76. The van der Waals surface area contributed by atoms with Gasteiger partial charge in [0.1, 0.15) is 5.75 Å². The van der Waals surface area contributed by atoms with Crippen molar-refractivity contribution < 1.29 is 19.0 Å². The molecule has 0 unspecified atom stereocenters. The Morgan fingerprint density at radius 2 is 2.18 bits per heavy atom. The quantitative estimate of drug-likeness (QED) is 0.734. The van der Waals surface area contributed by atoms with Crippen molar-refractivity contribution in [2.75, 3.05) is 19.8 Å². The summed E-state index contributed by atoms with van der Waals surface area (Å²) in [6, 6.07) is 7.18. The highest BCUT2D eigenvalue weighted by Crippen LogP contribution is 2.17. The molecule has 0 saturated carbocycles. The maximum absolute atomic E-state index is 11.9. The Morgan fingerprint density at radius 1 is 1.41 bits per heavy atom. The second-order valence-electron chi connectivity index (χ2n) is 3.76. The Labute approximate surface area is 100 Å². The molecule has 1 fully saturated rings. The minimum atomic E-state index is -0.391. The van der Waals surface area contributed by atoms with Gasteiger partial charge >= 0.3 is 0 Å². The molecular formula is C13H16O4. The molecule has 92 valence electrons. The van der Waals surface area contributed by atoms with Crippen molar-refractivity contribution in [3.63, 3.8) is 0 Å². The Morgan fingerprint density at radius 3 is 2.88 bits per heavy atom. The smallest absolute Gasteiger partial charge is 0.168 e. The Bertz CT molecular complexity index is 383. The standard InChI is InChI=1S/C13H16O4/c1-2-15-11-5-3-4-10(8-11)12(14)9-13-16-6-7-17-13/h3-5,8,13H,2,6-7,9H2,1H3. The van der Waals surface area contributed by atoms with Crippen molar-refractivity contribution >= 4 is 5.78 Å². The summed E-state index contributed by atoms with van der Waals surface area (Å²) in [4.78, 5) is 11.9. The van der Waals surface area contributed by atoms with E-state index in [0.717, 1.165) is 0 Å². The molecule has 0 N–H and O–H groups in total. The van der Waals surface area contributed by atoms with Gasteiger partial charge in [0.15, 0.2) is 12.1 Å². The zero-order valence-corrected chi connectivity index (χ0v) is 9.85. The van der Waals surface area contributed by atoms with E-state index in [9.17, 15) is 4.79 Å². The summed E-state index contributed by atoms with van der Waals surface area (Å²) >= 11 is 0. The highest BCUT2D eigenvalue weighted by atomic mass is 16.7. The number of carbonyl (C=O) groups excluding carboxylic acids is 1. The second kappa shape index (κ2) is 5.80. The number of hydrogen-bond acceptors (Lipinski definition) is 4. The fraction of sp³-hybridized carbons (Fsp3) is 0.462. The van der Waals surface area contributed by atoms with Crippen LogP contribution in [0.25, 0.3) is 0 Å². The van der Waals surface area contributed by atoms with Crippen molar-refractivity contribution in [2.45, 2.75) is 19.6 Å². The third-order valence-electron chi connectivity index (χ3n) is 2.51. The normalized spacial score (nSPS) is 16.1. The molecule has 4 nitrogen and oxygen atoms in total. The molecule has 2 rings (SSSR count). The third kappa shape index (κ3) is 3.28. The number of ether oxygens (including phenoxy) is 3. The van der Waals surface area contributed by atoms with Crippen LogP contribution >= 0.6 is 0 Å². The lowest BCUT2D eigenvalue weighted by Gasteiger charge is -2.09. The SMILES string of the molecule is CCOc1cccc(C(=O)CC2OCCO2)c1. The van der Waals surface area contributed by atoms with Gasteiger partial charge in [0.2, 0.25) is 0 Å². The minimum absolute atomic E-state index is 0.0125. The van der Waals surface area contributed by atoms with Gasteiger partial charge in [0, 0.05) is 5.56 Å². The number of ketones is 1. The monoisotopic (exact) mass is 236 g/mol. The van der Waals surface area contributed by atoms with E-state index in [1.54, 1.807) is 12.1 Å². The lowest BCUT2D eigenvalue weighted by atomic mass is 10.1. The van der Waals surface area contributed by atoms with Crippen LogP contribution in [0.4, 0.5) is 0 Å². The van der Waals surface area contributed by atoms with Crippen LogP contribution in [0, 0.1) is 0 Å². The summed E-state index contributed by atoms with van der Waals surface area (Å²) in [6.07, 6.45) is -0.131. The Kier molecular flexibility index (Phi) is 4.12. The molecule has 4 heteroatoms. The van der Waals surface area contributed by atoms with Crippen molar-refractivity contribution in [1.82, 2.24) is 0 Å². The van der Waals surface area contributed by atoms with Crippen LogP contribution < -0.4 is 4.74 Å². The average molecular weight is 236 g/mol. The summed E-state index contributed by atoms with van der Waals surface area (Å²) in [7, 11) is 0. The van der Waals surface area contributed by atoms with Gasteiger partial charge in [-0.2, -0.15) is 0 Å². The van der Waals surface area contributed by atoms with E-state index >= 15 is 0 Å². The first-order valence-electron chi connectivity index (χ1n) is 5.79. The molecule has 17 heavy (non-hydrogen) atoms. The molecule has 1 aliphatic rings. The van der Waals surface area contributed by atoms with Crippen LogP contribution in [0.15, 0.2) is 24.3 Å². The molecule has 0 amide bonds. The van der Waals surface area contributed by atoms with E-state index in [2.05, 4.69) is 0 Å². The van der Waals surface area contributed by atoms with Gasteiger partial charge < -0.3 is 14.2 Å². The molecule has 0 radical (unpaired) electrons. The fourth-order valence-electron chi connectivity index (χ4n) is 1.72. The summed E-state index contributed by atoms with van der Waals surface area (Å²) < 4.78 is 15.8. The van der Waals surface area contributed by atoms with Gasteiger partial charge in [-0.05, 0) is 19.1 Å². The average Bonchev–Trinajstić information content (AvgIpc) is 2.83. The summed E-state index contributed by atoms with van der Waals surface area (Å²) in [5.41, 5.74) is 0.634. The number of carbonyl (C=O) groups is 1. The van der Waals surface area contributed by atoms with Gasteiger partial charge in [0.25, 0.3) is 0 Å². The maximum atomic E-state index is 11.9. The van der Waals surface area contributed by atoms with Crippen molar-refractivity contribution in [2.24, 2.45) is 0 Å². The van der Waals surface area contributed by atoms with Crippen molar-refractivity contribution in [1.29, 1.82) is 0 Å². The van der Waals surface area contributed by atoms with E-state index in [1.165, 1.54) is 0 Å². The van der Waals surface area contributed by atoms with Crippen molar-refractivity contribution in [3.8, 4) is 5.75 Å². The van der Waals surface area contributed by atoms with Crippen LogP contribution in [0.1, 0.15) is 23.7 Å². The molecule has 1 aromatic rings. The van der Waals surface area contributed by atoms with Crippen LogP contribution in [0.3, 0.4) is 0 Å². The molecular weight excluding hydrogens is 220 g/mol. The van der Waals surface area contributed by atoms with Crippen LogP contribution in [-0.4, -0.2) is 31.9 Å². The number of benzene rings is 1. The highest BCUT2D eigenvalue weighted by molar-refractivity contribution is 5.96. The fourth-order valence-corrected chi connectivity index (χ4v) is 1.72. The van der Waals surface area contributed by atoms with E-state index in [-0.39, 0.29) is 12.2 Å². The van der Waals surface area contributed by atoms with E-state index in [0.29, 0.717) is 31.1 Å². The molecule has 0 atom stereocenters. The van der Waals surface area contributed by atoms with E-state index < -0.39 is 6.29 Å². The summed E-state index contributed by atoms with van der Waals surface area (Å²) in [5.74, 6) is 0.727. The first-order valence-corrected chi connectivity index (χ1v) is 5.79. The van der Waals surface area contributed by atoms with Crippen molar-refractivity contribution in [3.05, 3.63) is 29.8 Å². The Hall–Kier alpha value is -1.39. The topological polar surface area (TPSA) is 44.8 Å². The molecule has 0 aromatic heterocycles. The molecule has 0 bridgehead atoms. The number of hydrogen-bond donors (Lipinski definition) is 0. The van der Waals surface area contributed by atoms with E-state index in [4.69, 9.17) is 14.2 Å².